The largest absolute Gasteiger partial charge is 0.481 e. The van der Waals surface area contributed by atoms with Gasteiger partial charge < -0.3 is 10.4 Å². The molecule has 3 aromatic rings. The molecule has 4 rings (SSSR count). The van der Waals surface area contributed by atoms with E-state index in [4.69, 9.17) is 0 Å². The number of hydrogen-bond acceptors (Lipinski definition) is 4. The number of anilines is 1. The van der Waals surface area contributed by atoms with E-state index in [1.165, 1.54) is 5.56 Å². The van der Waals surface area contributed by atoms with E-state index < -0.39 is 17.8 Å². The van der Waals surface area contributed by atoms with Gasteiger partial charge in [0.15, 0.2) is 0 Å². The van der Waals surface area contributed by atoms with Gasteiger partial charge in [0.1, 0.15) is 5.01 Å². The standard InChI is InChI=1S/C22H20N2O3S/c1-13-6-11-18-19(12-13)28-21(24-18)14-7-9-15(10-8-14)23-20(25)16-4-2-3-5-17(16)22(26)27/h2-3,6-12,16-17H,4-5H2,1H3,(H,23,25)(H,26,27)/t16-,17-/m0/s1. The van der Waals surface area contributed by atoms with E-state index in [9.17, 15) is 14.7 Å². The summed E-state index contributed by atoms with van der Waals surface area (Å²) >= 11 is 1.64. The molecule has 0 saturated carbocycles. The van der Waals surface area contributed by atoms with Crippen molar-refractivity contribution in [1.82, 2.24) is 4.98 Å². The number of carboxylic acids is 1. The maximum Gasteiger partial charge on any atom is 0.307 e. The van der Waals surface area contributed by atoms with Gasteiger partial charge >= 0.3 is 5.97 Å². The molecule has 1 aliphatic rings. The van der Waals surface area contributed by atoms with Gasteiger partial charge in [-0.05, 0) is 61.7 Å². The molecule has 1 aromatic heterocycles. The summed E-state index contributed by atoms with van der Waals surface area (Å²) in [5.41, 5.74) is 3.83. The monoisotopic (exact) mass is 392 g/mol. The Labute approximate surface area is 166 Å². The van der Waals surface area contributed by atoms with E-state index in [0.717, 1.165) is 20.8 Å². The van der Waals surface area contributed by atoms with Crippen LogP contribution in [0.25, 0.3) is 20.8 Å². The van der Waals surface area contributed by atoms with Crippen molar-refractivity contribution in [2.75, 3.05) is 5.32 Å². The lowest BCUT2D eigenvalue weighted by Gasteiger charge is -2.24. The molecule has 0 radical (unpaired) electrons. The summed E-state index contributed by atoms with van der Waals surface area (Å²) in [7, 11) is 0. The van der Waals surface area contributed by atoms with Gasteiger partial charge in [0.2, 0.25) is 5.91 Å². The first kappa shape index (κ1) is 18.4. The Hall–Kier alpha value is -2.99. The Balaban J connectivity index is 1.50. The molecule has 28 heavy (non-hydrogen) atoms. The average Bonchev–Trinajstić information content (AvgIpc) is 3.11. The topological polar surface area (TPSA) is 79.3 Å². The number of benzene rings is 2. The molecule has 1 amide bonds. The fraction of sp³-hybridized carbons (Fsp3) is 0.227. The van der Waals surface area contributed by atoms with Crippen molar-refractivity contribution in [3.8, 4) is 10.6 Å². The SMILES string of the molecule is Cc1ccc2nc(-c3ccc(NC(=O)[C@H]4CC=CC[C@@H]4C(=O)O)cc3)sc2c1. The number of hydrogen-bond donors (Lipinski definition) is 2. The minimum absolute atomic E-state index is 0.250. The van der Waals surface area contributed by atoms with Crippen LogP contribution in [0.15, 0.2) is 54.6 Å². The van der Waals surface area contributed by atoms with E-state index in [1.807, 2.05) is 42.5 Å². The van der Waals surface area contributed by atoms with Gasteiger partial charge in [0.05, 0.1) is 22.1 Å². The maximum atomic E-state index is 12.6. The van der Waals surface area contributed by atoms with Gasteiger partial charge in [-0.2, -0.15) is 0 Å². The highest BCUT2D eigenvalue weighted by atomic mass is 32.1. The predicted octanol–water partition coefficient (Wildman–Crippen LogP) is 4.88. The predicted molar refractivity (Wildman–Crippen MR) is 111 cm³/mol. The lowest BCUT2D eigenvalue weighted by Crippen LogP contribution is -2.34. The molecular formula is C22H20N2O3S. The number of allylic oxidation sites excluding steroid dienone is 2. The highest BCUT2D eigenvalue weighted by Gasteiger charge is 2.33. The van der Waals surface area contributed by atoms with Crippen LogP contribution in [0.5, 0.6) is 0 Å². The van der Waals surface area contributed by atoms with E-state index in [-0.39, 0.29) is 5.91 Å². The first-order chi connectivity index (χ1) is 13.5. The molecule has 0 saturated heterocycles. The number of thiazole rings is 1. The second kappa shape index (κ2) is 7.56. The number of carbonyl (C=O) groups excluding carboxylic acids is 1. The van der Waals surface area contributed by atoms with Gasteiger partial charge in [0.25, 0.3) is 0 Å². The number of carbonyl (C=O) groups is 2. The molecule has 0 unspecified atom stereocenters. The van der Waals surface area contributed by atoms with Gasteiger partial charge in [-0.1, -0.05) is 18.2 Å². The van der Waals surface area contributed by atoms with Crippen molar-refractivity contribution < 1.29 is 14.7 Å². The lowest BCUT2D eigenvalue weighted by molar-refractivity contribution is -0.146. The van der Waals surface area contributed by atoms with Crippen LogP contribution in [0, 0.1) is 18.8 Å². The molecule has 142 valence electrons. The van der Waals surface area contributed by atoms with E-state index in [0.29, 0.717) is 18.5 Å². The average molecular weight is 392 g/mol. The minimum Gasteiger partial charge on any atom is -0.481 e. The number of nitrogens with zero attached hydrogens (tertiary/aromatic N) is 1. The third-order valence-electron chi connectivity index (χ3n) is 5.03. The van der Waals surface area contributed by atoms with Crippen LogP contribution in [0.4, 0.5) is 5.69 Å². The molecule has 0 aliphatic heterocycles. The molecule has 5 nitrogen and oxygen atoms in total. The van der Waals surface area contributed by atoms with Gasteiger partial charge in [-0.25, -0.2) is 4.98 Å². The second-order valence-electron chi connectivity index (χ2n) is 7.05. The number of nitrogens with one attached hydrogen (secondary N) is 1. The zero-order chi connectivity index (χ0) is 19.7. The van der Waals surface area contributed by atoms with Crippen LogP contribution in [0.1, 0.15) is 18.4 Å². The summed E-state index contributed by atoms with van der Waals surface area (Å²) in [6, 6.07) is 13.7. The normalized spacial score (nSPS) is 18.9. The lowest BCUT2D eigenvalue weighted by atomic mass is 9.82. The molecule has 2 atom stereocenters. The third kappa shape index (κ3) is 3.68. The molecular weight excluding hydrogens is 372 g/mol. The van der Waals surface area contributed by atoms with Crippen molar-refractivity contribution in [1.29, 1.82) is 0 Å². The quantitative estimate of drug-likeness (QED) is 0.621. The fourth-order valence-corrected chi connectivity index (χ4v) is 4.53. The molecule has 1 heterocycles. The van der Waals surface area contributed by atoms with Crippen LogP contribution < -0.4 is 5.32 Å². The molecule has 0 bridgehead atoms. The second-order valence-corrected chi connectivity index (χ2v) is 8.08. The number of fused-ring (bicyclic) bond motifs is 1. The van der Waals surface area contributed by atoms with Crippen molar-refractivity contribution >= 4 is 39.1 Å². The Morgan fingerprint density at radius 1 is 1.07 bits per heavy atom. The van der Waals surface area contributed by atoms with E-state index in [1.54, 1.807) is 11.3 Å². The number of aliphatic carboxylic acids is 1. The number of amides is 1. The molecule has 6 heteroatoms. The van der Waals surface area contributed by atoms with Gasteiger partial charge in [-0.15, -0.1) is 11.3 Å². The maximum absolute atomic E-state index is 12.6. The first-order valence-corrected chi connectivity index (χ1v) is 9.99. The van der Waals surface area contributed by atoms with Crippen LogP contribution in [0.2, 0.25) is 0 Å². The van der Waals surface area contributed by atoms with Crippen molar-refractivity contribution in [3.63, 3.8) is 0 Å². The smallest absolute Gasteiger partial charge is 0.307 e. The fourth-order valence-electron chi connectivity index (χ4n) is 3.46. The van der Waals surface area contributed by atoms with Crippen molar-refractivity contribution in [2.45, 2.75) is 19.8 Å². The highest BCUT2D eigenvalue weighted by molar-refractivity contribution is 7.21. The summed E-state index contributed by atoms with van der Waals surface area (Å²) in [6.45, 7) is 2.06. The van der Waals surface area contributed by atoms with Crippen LogP contribution in [-0.4, -0.2) is 22.0 Å². The number of aryl methyl sites for hydroxylation is 1. The molecule has 1 aliphatic carbocycles. The number of carboxylic acid groups (broad SMARTS) is 1. The minimum atomic E-state index is -0.925. The van der Waals surface area contributed by atoms with Gasteiger partial charge in [0, 0.05) is 11.3 Å². The Bertz CT molecular complexity index is 1070. The van der Waals surface area contributed by atoms with E-state index in [2.05, 4.69) is 29.4 Å². The number of aromatic nitrogens is 1. The zero-order valence-electron chi connectivity index (χ0n) is 15.4. The summed E-state index contributed by atoms with van der Waals surface area (Å²) in [6.07, 6.45) is 4.55. The van der Waals surface area contributed by atoms with Crippen LogP contribution in [0.3, 0.4) is 0 Å². The molecule has 2 N–H and O–H groups in total. The molecule has 0 spiro atoms. The molecule has 0 fully saturated rings. The third-order valence-corrected chi connectivity index (χ3v) is 6.10. The van der Waals surface area contributed by atoms with Crippen LogP contribution >= 0.6 is 11.3 Å². The summed E-state index contributed by atoms with van der Waals surface area (Å²) in [4.78, 5) is 28.6. The number of rotatable bonds is 4. The Morgan fingerprint density at radius 3 is 2.50 bits per heavy atom. The first-order valence-electron chi connectivity index (χ1n) is 9.17. The summed E-state index contributed by atoms with van der Waals surface area (Å²) in [5.74, 6) is -2.39. The van der Waals surface area contributed by atoms with E-state index >= 15 is 0 Å². The van der Waals surface area contributed by atoms with Crippen molar-refractivity contribution in [2.24, 2.45) is 11.8 Å². The van der Waals surface area contributed by atoms with Crippen LogP contribution in [-0.2, 0) is 9.59 Å². The zero-order valence-corrected chi connectivity index (χ0v) is 16.2. The van der Waals surface area contributed by atoms with Crippen molar-refractivity contribution in [3.05, 3.63) is 60.2 Å². The Kier molecular flexibility index (Phi) is 4.96. The highest BCUT2D eigenvalue weighted by Crippen LogP contribution is 2.32. The summed E-state index contributed by atoms with van der Waals surface area (Å²) in [5, 5.41) is 13.1. The molecule has 2 aromatic carbocycles. The van der Waals surface area contributed by atoms with Gasteiger partial charge in [-0.3, -0.25) is 9.59 Å². The summed E-state index contributed by atoms with van der Waals surface area (Å²) < 4.78 is 1.15. The Morgan fingerprint density at radius 2 is 1.79 bits per heavy atom.